The number of carboxylic acids is 1. The molecule has 1 aliphatic heterocycles. The van der Waals surface area contributed by atoms with E-state index < -0.39 is 17.9 Å². The molecule has 0 radical (unpaired) electrons. The van der Waals surface area contributed by atoms with Gasteiger partial charge in [0.2, 0.25) is 0 Å². The van der Waals surface area contributed by atoms with E-state index in [1.165, 1.54) is 12.7 Å². The molecule has 130 valence electrons. The number of furan rings is 1. The minimum Gasteiger partial charge on any atom is -0.481 e. The minimum atomic E-state index is -0.929. The molecule has 25 heavy (non-hydrogen) atoms. The summed E-state index contributed by atoms with van der Waals surface area (Å²) in [5.74, 6) is -1.29. The zero-order chi connectivity index (χ0) is 17.4. The molecule has 0 bridgehead atoms. The van der Waals surface area contributed by atoms with Crippen LogP contribution in [0.15, 0.2) is 47.1 Å². The van der Waals surface area contributed by atoms with E-state index in [0.29, 0.717) is 16.9 Å². The number of amides is 1. The number of hydrogen-bond donors (Lipinski definition) is 1. The summed E-state index contributed by atoms with van der Waals surface area (Å²) >= 11 is 0. The Bertz CT molecular complexity index is 777. The molecule has 4 rings (SSSR count). The van der Waals surface area contributed by atoms with Gasteiger partial charge in [0, 0.05) is 11.6 Å². The van der Waals surface area contributed by atoms with Gasteiger partial charge in [-0.3, -0.25) is 9.59 Å². The standard InChI is InChI=1S/C20H21NO4/c22-19-15-10-5-4-9-14(15)17(20(23)24)18(16-11-6-12-25-16)21(19)13-7-2-1-3-8-13/h4-6,9-13,17-18H,1-3,7-8H2,(H,23,24). The highest BCUT2D eigenvalue weighted by atomic mass is 16.4. The number of aliphatic carboxylic acids is 1. The molecule has 0 saturated heterocycles. The van der Waals surface area contributed by atoms with Crippen LogP contribution in [0.1, 0.15) is 65.7 Å². The Kier molecular flexibility index (Phi) is 4.07. The van der Waals surface area contributed by atoms with Gasteiger partial charge in [0.15, 0.2) is 0 Å². The number of benzene rings is 1. The minimum absolute atomic E-state index is 0.0616. The quantitative estimate of drug-likeness (QED) is 0.918. The van der Waals surface area contributed by atoms with Crippen LogP contribution in [0.4, 0.5) is 0 Å². The highest BCUT2D eigenvalue weighted by molar-refractivity contribution is 6.00. The van der Waals surface area contributed by atoms with E-state index in [1.807, 2.05) is 0 Å². The summed E-state index contributed by atoms with van der Waals surface area (Å²) in [5.41, 5.74) is 1.08. The molecular weight excluding hydrogens is 318 g/mol. The van der Waals surface area contributed by atoms with Gasteiger partial charge in [-0.2, -0.15) is 0 Å². The number of nitrogens with zero attached hydrogens (tertiary/aromatic N) is 1. The Morgan fingerprint density at radius 1 is 1.08 bits per heavy atom. The second-order valence-corrected chi connectivity index (χ2v) is 6.87. The van der Waals surface area contributed by atoms with Gasteiger partial charge in [-0.25, -0.2) is 0 Å². The van der Waals surface area contributed by atoms with Crippen LogP contribution in [0.25, 0.3) is 0 Å². The number of rotatable bonds is 3. The Balaban J connectivity index is 1.88. The molecule has 2 unspecified atom stereocenters. The molecule has 2 aliphatic rings. The Morgan fingerprint density at radius 2 is 1.84 bits per heavy atom. The van der Waals surface area contributed by atoms with Crippen LogP contribution in [0.2, 0.25) is 0 Å². The van der Waals surface area contributed by atoms with Crippen molar-refractivity contribution in [2.75, 3.05) is 0 Å². The Labute approximate surface area is 146 Å². The van der Waals surface area contributed by atoms with Crippen molar-refractivity contribution in [3.8, 4) is 0 Å². The van der Waals surface area contributed by atoms with E-state index >= 15 is 0 Å². The van der Waals surface area contributed by atoms with Crippen molar-refractivity contribution in [1.29, 1.82) is 0 Å². The molecule has 1 aliphatic carbocycles. The fourth-order valence-corrected chi connectivity index (χ4v) is 4.34. The number of carbonyl (C=O) groups is 2. The van der Waals surface area contributed by atoms with E-state index in [4.69, 9.17) is 4.42 Å². The lowest BCUT2D eigenvalue weighted by Crippen LogP contribution is -2.50. The molecule has 1 N–H and O–H groups in total. The molecule has 5 nitrogen and oxygen atoms in total. The van der Waals surface area contributed by atoms with Crippen LogP contribution in [0, 0.1) is 0 Å². The van der Waals surface area contributed by atoms with Crippen LogP contribution in [0.5, 0.6) is 0 Å². The molecule has 1 aromatic heterocycles. The van der Waals surface area contributed by atoms with Gasteiger partial charge >= 0.3 is 5.97 Å². The first-order valence-electron chi connectivity index (χ1n) is 8.86. The van der Waals surface area contributed by atoms with E-state index in [2.05, 4.69) is 0 Å². The maximum Gasteiger partial charge on any atom is 0.313 e. The predicted octanol–water partition coefficient (Wildman–Crippen LogP) is 3.98. The topological polar surface area (TPSA) is 70.8 Å². The van der Waals surface area contributed by atoms with Gasteiger partial charge in [-0.15, -0.1) is 0 Å². The smallest absolute Gasteiger partial charge is 0.313 e. The van der Waals surface area contributed by atoms with Crippen molar-refractivity contribution in [2.45, 2.75) is 50.1 Å². The summed E-state index contributed by atoms with van der Waals surface area (Å²) in [6, 6.07) is 10.1. The largest absolute Gasteiger partial charge is 0.481 e. The Morgan fingerprint density at radius 3 is 2.52 bits per heavy atom. The maximum atomic E-state index is 13.3. The van der Waals surface area contributed by atoms with Gasteiger partial charge in [0.1, 0.15) is 17.7 Å². The van der Waals surface area contributed by atoms with Crippen molar-refractivity contribution < 1.29 is 19.1 Å². The summed E-state index contributed by atoms with van der Waals surface area (Å²) in [4.78, 5) is 27.2. The molecule has 1 amide bonds. The molecule has 0 spiro atoms. The van der Waals surface area contributed by atoms with Crippen LogP contribution in [0.3, 0.4) is 0 Å². The Hall–Kier alpha value is -2.56. The molecule has 2 atom stereocenters. The highest BCUT2D eigenvalue weighted by Gasteiger charge is 2.47. The summed E-state index contributed by atoms with van der Waals surface area (Å²) < 4.78 is 5.58. The number of carboxylic acid groups (broad SMARTS) is 1. The third-order valence-corrected chi connectivity index (χ3v) is 5.45. The predicted molar refractivity (Wildman–Crippen MR) is 91.3 cm³/mol. The fraction of sp³-hybridized carbons (Fsp3) is 0.400. The lowest BCUT2D eigenvalue weighted by molar-refractivity contribution is -0.141. The van der Waals surface area contributed by atoms with Crippen molar-refractivity contribution in [1.82, 2.24) is 4.90 Å². The summed E-state index contributed by atoms with van der Waals surface area (Å²) in [6.45, 7) is 0. The van der Waals surface area contributed by atoms with E-state index in [-0.39, 0.29) is 11.9 Å². The van der Waals surface area contributed by atoms with Crippen molar-refractivity contribution in [2.24, 2.45) is 0 Å². The monoisotopic (exact) mass is 339 g/mol. The van der Waals surface area contributed by atoms with Gasteiger partial charge < -0.3 is 14.4 Å². The number of fused-ring (bicyclic) bond motifs is 1. The number of carbonyl (C=O) groups excluding carboxylic acids is 1. The lowest BCUT2D eigenvalue weighted by Gasteiger charge is -2.45. The molecular formula is C20H21NO4. The zero-order valence-corrected chi connectivity index (χ0v) is 13.9. The molecule has 1 fully saturated rings. The van der Waals surface area contributed by atoms with Crippen LogP contribution in [-0.2, 0) is 4.79 Å². The van der Waals surface area contributed by atoms with E-state index in [0.717, 1.165) is 25.7 Å². The normalized spacial score (nSPS) is 24.2. The molecule has 2 heterocycles. The second kappa shape index (κ2) is 6.39. The second-order valence-electron chi connectivity index (χ2n) is 6.87. The van der Waals surface area contributed by atoms with Crippen molar-refractivity contribution in [3.05, 3.63) is 59.5 Å². The lowest BCUT2D eigenvalue weighted by atomic mass is 9.79. The van der Waals surface area contributed by atoms with Crippen molar-refractivity contribution in [3.63, 3.8) is 0 Å². The first-order chi connectivity index (χ1) is 12.2. The number of hydrogen-bond acceptors (Lipinski definition) is 3. The highest BCUT2D eigenvalue weighted by Crippen LogP contribution is 2.45. The van der Waals surface area contributed by atoms with Crippen LogP contribution in [-0.4, -0.2) is 27.9 Å². The van der Waals surface area contributed by atoms with E-state index in [9.17, 15) is 14.7 Å². The molecule has 1 saturated carbocycles. The average molecular weight is 339 g/mol. The SMILES string of the molecule is O=C(O)C1c2ccccc2C(=O)N(C2CCCCC2)C1c1ccco1. The zero-order valence-electron chi connectivity index (χ0n) is 13.9. The van der Waals surface area contributed by atoms with Gasteiger partial charge in [0.25, 0.3) is 5.91 Å². The van der Waals surface area contributed by atoms with Gasteiger partial charge in [-0.05, 0) is 36.6 Å². The third-order valence-electron chi connectivity index (χ3n) is 5.45. The molecule has 2 aromatic rings. The van der Waals surface area contributed by atoms with Gasteiger partial charge in [0.05, 0.1) is 6.26 Å². The van der Waals surface area contributed by atoms with E-state index in [1.54, 1.807) is 41.3 Å². The van der Waals surface area contributed by atoms with Crippen molar-refractivity contribution >= 4 is 11.9 Å². The average Bonchev–Trinajstić information content (AvgIpc) is 3.16. The molecule has 5 heteroatoms. The van der Waals surface area contributed by atoms with Crippen LogP contribution >= 0.6 is 0 Å². The van der Waals surface area contributed by atoms with Crippen LogP contribution < -0.4 is 0 Å². The summed E-state index contributed by atoms with van der Waals surface area (Å²) in [7, 11) is 0. The fourth-order valence-electron chi connectivity index (χ4n) is 4.34. The maximum absolute atomic E-state index is 13.3. The van der Waals surface area contributed by atoms with Gasteiger partial charge in [-0.1, -0.05) is 37.5 Å². The summed E-state index contributed by atoms with van der Waals surface area (Å²) in [5, 5.41) is 9.98. The first-order valence-corrected chi connectivity index (χ1v) is 8.86. The summed E-state index contributed by atoms with van der Waals surface area (Å²) in [6.07, 6.45) is 6.67. The third kappa shape index (κ3) is 2.64. The first kappa shape index (κ1) is 15.9. The molecule has 1 aromatic carbocycles.